The summed E-state index contributed by atoms with van der Waals surface area (Å²) in [5.41, 5.74) is 0.818. The molecule has 1 saturated carbocycles. The van der Waals surface area contributed by atoms with Gasteiger partial charge in [0.15, 0.2) is 0 Å². The Hall–Kier alpha value is -2.31. The van der Waals surface area contributed by atoms with Crippen molar-refractivity contribution in [2.75, 3.05) is 25.0 Å². The lowest BCUT2D eigenvalue weighted by atomic mass is 9.67. The van der Waals surface area contributed by atoms with E-state index < -0.39 is 5.60 Å². The lowest BCUT2D eigenvalue weighted by molar-refractivity contribution is -0.0504. The normalized spacial score (nSPS) is 19.7. The number of carbonyl (C=O) groups is 1. The third kappa shape index (κ3) is 3.42. The van der Waals surface area contributed by atoms with Crippen LogP contribution < -0.4 is 4.90 Å². The van der Waals surface area contributed by atoms with Crippen LogP contribution in [0.4, 0.5) is 10.6 Å². The summed E-state index contributed by atoms with van der Waals surface area (Å²) in [6.07, 6.45) is 8.04. The highest BCUT2D eigenvalue weighted by molar-refractivity contribution is 5.87. The number of amides is 1. The summed E-state index contributed by atoms with van der Waals surface area (Å²) in [6.45, 7) is 7.40. The minimum absolute atomic E-state index is 0.176. The summed E-state index contributed by atoms with van der Waals surface area (Å²) in [6, 6.07) is 2.57. The number of likely N-dealkylation sites (tertiary alicyclic amines) is 1. The Labute approximate surface area is 166 Å². The molecule has 2 fully saturated rings. The topological polar surface area (TPSA) is 63.5 Å². The first-order chi connectivity index (χ1) is 13.2. The highest BCUT2D eigenvalue weighted by Gasteiger charge is 2.48. The monoisotopic (exact) mass is 385 g/mol. The summed E-state index contributed by atoms with van der Waals surface area (Å²) < 4.78 is 7.53. The Morgan fingerprint density at radius 1 is 1.25 bits per heavy atom. The zero-order valence-electron chi connectivity index (χ0n) is 17.6. The Morgan fingerprint density at radius 3 is 2.57 bits per heavy atom. The first-order valence-electron chi connectivity index (χ1n) is 10.1. The van der Waals surface area contributed by atoms with Crippen molar-refractivity contribution < 1.29 is 9.53 Å². The molecule has 0 bridgehead atoms. The second-order valence-electron chi connectivity index (χ2n) is 9.54. The maximum absolute atomic E-state index is 12.2. The first kappa shape index (κ1) is 19.0. The third-order valence-electron chi connectivity index (χ3n) is 6.24. The van der Waals surface area contributed by atoms with Gasteiger partial charge in [-0.15, -0.1) is 0 Å². The standard InChI is InChI=1S/C21H31N5O2/c1-20(2,3)28-19(27)26-12-21(13-26)9-6-15(7-10-21)25(5)18-16-8-11-24(4)17(16)22-14-23-18/h8,11,14-15H,6-7,9-10,12-13H2,1-5H3. The molecule has 3 heterocycles. The second-order valence-corrected chi connectivity index (χ2v) is 9.54. The zero-order chi connectivity index (χ0) is 20.1. The molecule has 28 heavy (non-hydrogen) atoms. The number of anilines is 1. The lowest BCUT2D eigenvalue weighted by Gasteiger charge is -2.53. The van der Waals surface area contributed by atoms with E-state index in [0.717, 1.165) is 55.6 Å². The molecule has 2 aliphatic rings. The molecule has 1 amide bonds. The molecule has 1 saturated heterocycles. The summed E-state index contributed by atoms with van der Waals surface area (Å²) in [5.74, 6) is 1.01. The number of hydrogen-bond donors (Lipinski definition) is 0. The van der Waals surface area contributed by atoms with Gasteiger partial charge in [-0.25, -0.2) is 14.8 Å². The van der Waals surface area contributed by atoms with Crippen LogP contribution in [0.25, 0.3) is 11.0 Å². The van der Waals surface area contributed by atoms with E-state index in [-0.39, 0.29) is 11.5 Å². The van der Waals surface area contributed by atoms with Crippen molar-refractivity contribution in [2.24, 2.45) is 12.5 Å². The lowest BCUT2D eigenvalue weighted by Crippen LogP contribution is -2.61. The summed E-state index contributed by atoms with van der Waals surface area (Å²) >= 11 is 0. The molecule has 0 aromatic carbocycles. The van der Waals surface area contributed by atoms with Crippen molar-refractivity contribution in [1.29, 1.82) is 0 Å². The SMILES string of the molecule is CN(c1ncnc2c1ccn2C)C1CCC2(CC1)CN(C(=O)OC(C)(C)C)C2. The number of hydrogen-bond acceptors (Lipinski definition) is 5. The number of aromatic nitrogens is 3. The Bertz CT molecular complexity index is 869. The Kier molecular flexibility index (Phi) is 4.51. The molecule has 2 aromatic rings. The van der Waals surface area contributed by atoms with Crippen LogP contribution in [0, 0.1) is 5.41 Å². The van der Waals surface area contributed by atoms with E-state index in [1.807, 2.05) is 43.5 Å². The fourth-order valence-corrected chi connectivity index (χ4v) is 4.66. The molecule has 0 radical (unpaired) electrons. The molecular formula is C21H31N5O2. The van der Waals surface area contributed by atoms with Gasteiger partial charge in [-0.3, -0.25) is 0 Å². The van der Waals surface area contributed by atoms with Gasteiger partial charge in [0.1, 0.15) is 23.4 Å². The average molecular weight is 386 g/mol. The molecule has 7 nitrogen and oxygen atoms in total. The van der Waals surface area contributed by atoms with E-state index in [0.29, 0.717) is 6.04 Å². The van der Waals surface area contributed by atoms with Crippen LogP contribution in [0.5, 0.6) is 0 Å². The number of nitrogens with zero attached hydrogens (tertiary/aromatic N) is 5. The van der Waals surface area contributed by atoms with Gasteiger partial charge in [-0.1, -0.05) is 0 Å². The van der Waals surface area contributed by atoms with E-state index >= 15 is 0 Å². The minimum atomic E-state index is -0.430. The van der Waals surface area contributed by atoms with Crippen molar-refractivity contribution in [3.8, 4) is 0 Å². The molecular weight excluding hydrogens is 354 g/mol. The maximum atomic E-state index is 12.2. The number of aryl methyl sites for hydroxylation is 1. The molecule has 1 aliphatic heterocycles. The third-order valence-corrected chi connectivity index (χ3v) is 6.24. The zero-order valence-corrected chi connectivity index (χ0v) is 17.6. The van der Waals surface area contributed by atoms with Crippen molar-refractivity contribution in [3.63, 3.8) is 0 Å². The fourth-order valence-electron chi connectivity index (χ4n) is 4.66. The van der Waals surface area contributed by atoms with Gasteiger partial charge in [0, 0.05) is 44.8 Å². The first-order valence-corrected chi connectivity index (χ1v) is 10.1. The molecule has 152 valence electrons. The van der Waals surface area contributed by atoms with Crippen LogP contribution in [0.2, 0.25) is 0 Å². The van der Waals surface area contributed by atoms with Gasteiger partial charge in [-0.2, -0.15) is 0 Å². The number of rotatable bonds is 2. The van der Waals surface area contributed by atoms with Gasteiger partial charge in [0.25, 0.3) is 0 Å². The molecule has 1 spiro atoms. The largest absolute Gasteiger partial charge is 0.444 e. The Morgan fingerprint density at radius 2 is 1.93 bits per heavy atom. The van der Waals surface area contributed by atoms with Gasteiger partial charge in [-0.05, 0) is 52.5 Å². The average Bonchev–Trinajstić information content (AvgIpc) is 2.99. The molecule has 2 aromatic heterocycles. The van der Waals surface area contributed by atoms with Gasteiger partial charge in [0.05, 0.1) is 5.39 Å². The van der Waals surface area contributed by atoms with Crippen LogP contribution in [0.1, 0.15) is 46.5 Å². The van der Waals surface area contributed by atoms with Crippen LogP contribution in [-0.2, 0) is 11.8 Å². The number of ether oxygens (including phenoxy) is 1. The predicted molar refractivity (Wildman–Crippen MR) is 109 cm³/mol. The maximum Gasteiger partial charge on any atom is 0.410 e. The van der Waals surface area contributed by atoms with Crippen molar-refractivity contribution in [1.82, 2.24) is 19.4 Å². The fraction of sp³-hybridized carbons (Fsp3) is 0.667. The summed E-state index contributed by atoms with van der Waals surface area (Å²) in [7, 11) is 4.15. The van der Waals surface area contributed by atoms with Crippen LogP contribution in [0.15, 0.2) is 18.6 Å². The van der Waals surface area contributed by atoms with E-state index in [4.69, 9.17) is 4.74 Å². The van der Waals surface area contributed by atoms with E-state index in [1.165, 1.54) is 0 Å². The van der Waals surface area contributed by atoms with E-state index in [9.17, 15) is 4.79 Å². The van der Waals surface area contributed by atoms with Gasteiger partial charge >= 0.3 is 6.09 Å². The molecule has 4 rings (SSSR count). The summed E-state index contributed by atoms with van der Waals surface area (Å²) in [4.78, 5) is 25.4. The van der Waals surface area contributed by atoms with Gasteiger partial charge < -0.3 is 19.1 Å². The second kappa shape index (κ2) is 6.64. The van der Waals surface area contributed by atoms with E-state index in [2.05, 4.69) is 28.0 Å². The molecule has 0 N–H and O–H groups in total. The molecule has 1 aliphatic carbocycles. The highest BCUT2D eigenvalue weighted by atomic mass is 16.6. The quantitative estimate of drug-likeness (QED) is 0.791. The number of fused-ring (bicyclic) bond motifs is 1. The van der Waals surface area contributed by atoms with Crippen LogP contribution in [-0.4, -0.2) is 57.3 Å². The van der Waals surface area contributed by atoms with Crippen LogP contribution in [0.3, 0.4) is 0 Å². The van der Waals surface area contributed by atoms with Crippen molar-refractivity contribution >= 4 is 22.9 Å². The number of carbonyl (C=O) groups excluding carboxylic acids is 1. The summed E-state index contributed by atoms with van der Waals surface area (Å²) in [5, 5.41) is 1.10. The van der Waals surface area contributed by atoms with Crippen LogP contribution >= 0.6 is 0 Å². The predicted octanol–water partition coefficient (Wildman–Crippen LogP) is 3.58. The molecule has 7 heteroatoms. The minimum Gasteiger partial charge on any atom is -0.444 e. The highest BCUT2D eigenvalue weighted by Crippen LogP contribution is 2.45. The molecule has 0 atom stereocenters. The Balaban J connectivity index is 1.36. The van der Waals surface area contributed by atoms with E-state index in [1.54, 1.807) is 6.33 Å². The van der Waals surface area contributed by atoms with Crippen molar-refractivity contribution in [3.05, 3.63) is 18.6 Å². The smallest absolute Gasteiger partial charge is 0.410 e. The van der Waals surface area contributed by atoms with Gasteiger partial charge in [0.2, 0.25) is 0 Å². The molecule has 0 unspecified atom stereocenters. The van der Waals surface area contributed by atoms with Crippen molar-refractivity contribution in [2.45, 2.75) is 58.1 Å².